The van der Waals surface area contributed by atoms with Gasteiger partial charge >= 0.3 is 0 Å². The smallest absolute Gasteiger partial charge is 0.123 e. The van der Waals surface area contributed by atoms with E-state index in [1.165, 1.54) is 18.6 Å². The third kappa shape index (κ3) is 2.90. The molecule has 104 valence electrons. The largest absolute Gasteiger partial charge is 0.489 e. The number of benzene rings is 1. The summed E-state index contributed by atoms with van der Waals surface area (Å²) >= 11 is 0. The number of piperidine rings is 1. The molecule has 2 aliphatic rings. The van der Waals surface area contributed by atoms with Gasteiger partial charge < -0.3 is 10.1 Å². The van der Waals surface area contributed by atoms with E-state index >= 15 is 0 Å². The van der Waals surface area contributed by atoms with Crippen LogP contribution in [0, 0.1) is 5.82 Å². The molecule has 0 radical (unpaired) electrons. The van der Waals surface area contributed by atoms with Gasteiger partial charge in [-0.2, -0.15) is 0 Å². The molecule has 0 aromatic heterocycles. The molecule has 3 rings (SSSR count). The topological polar surface area (TPSA) is 24.5 Å². The molecule has 1 aromatic carbocycles. The van der Waals surface area contributed by atoms with Gasteiger partial charge in [-0.05, 0) is 44.0 Å². The Bertz CT molecular complexity index is 423. The van der Waals surface area contributed by atoms with Gasteiger partial charge in [0.1, 0.15) is 17.7 Å². The van der Waals surface area contributed by atoms with Gasteiger partial charge in [-0.1, -0.05) is 0 Å². The second-order valence-electron chi connectivity index (χ2n) is 5.58. The highest BCUT2D eigenvalue weighted by Crippen LogP contribution is 2.25. The van der Waals surface area contributed by atoms with Crippen LogP contribution in [0.1, 0.15) is 19.8 Å². The van der Waals surface area contributed by atoms with Gasteiger partial charge in [0.25, 0.3) is 0 Å². The van der Waals surface area contributed by atoms with E-state index in [1.54, 1.807) is 12.1 Å². The molecule has 2 saturated heterocycles. The van der Waals surface area contributed by atoms with Crippen LogP contribution in [-0.2, 0) is 0 Å². The molecule has 0 aliphatic carbocycles. The van der Waals surface area contributed by atoms with E-state index in [0.29, 0.717) is 12.1 Å². The van der Waals surface area contributed by atoms with Crippen LogP contribution in [0.15, 0.2) is 24.3 Å². The molecule has 0 saturated carbocycles. The Balaban J connectivity index is 1.60. The summed E-state index contributed by atoms with van der Waals surface area (Å²) in [6, 6.07) is 7.54. The van der Waals surface area contributed by atoms with Crippen LogP contribution in [0.4, 0.5) is 4.39 Å². The summed E-state index contributed by atoms with van der Waals surface area (Å²) in [5.74, 6) is 0.556. The first-order valence-corrected chi connectivity index (χ1v) is 7.12. The average Bonchev–Trinajstić information content (AvgIpc) is 2.42. The molecule has 3 atom stereocenters. The predicted octanol–water partition coefficient (Wildman–Crippen LogP) is 2.03. The van der Waals surface area contributed by atoms with Crippen molar-refractivity contribution in [1.82, 2.24) is 10.2 Å². The third-order valence-electron chi connectivity index (χ3n) is 4.25. The van der Waals surface area contributed by atoms with Crippen molar-refractivity contribution < 1.29 is 9.13 Å². The van der Waals surface area contributed by atoms with E-state index in [0.717, 1.165) is 31.8 Å². The van der Waals surface area contributed by atoms with Gasteiger partial charge in [0.05, 0.1) is 0 Å². The van der Waals surface area contributed by atoms with Gasteiger partial charge in [0, 0.05) is 31.7 Å². The minimum Gasteiger partial charge on any atom is -0.489 e. The zero-order valence-electron chi connectivity index (χ0n) is 11.3. The number of fused-ring (bicyclic) bond motifs is 1. The molecule has 2 fully saturated rings. The van der Waals surface area contributed by atoms with E-state index in [4.69, 9.17) is 4.74 Å². The van der Waals surface area contributed by atoms with Crippen molar-refractivity contribution in [1.29, 1.82) is 0 Å². The van der Waals surface area contributed by atoms with Crippen LogP contribution in [0.25, 0.3) is 0 Å². The van der Waals surface area contributed by atoms with Crippen molar-refractivity contribution in [2.75, 3.05) is 19.6 Å². The third-order valence-corrected chi connectivity index (χ3v) is 4.25. The summed E-state index contributed by atoms with van der Waals surface area (Å²) in [5, 5.41) is 3.53. The monoisotopic (exact) mass is 264 g/mol. The van der Waals surface area contributed by atoms with Crippen molar-refractivity contribution in [3.05, 3.63) is 30.1 Å². The lowest BCUT2D eigenvalue weighted by Gasteiger charge is -2.45. The fourth-order valence-electron chi connectivity index (χ4n) is 3.22. The average molecular weight is 264 g/mol. The minimum absolute atomic E-state index is 0.216. The van der Waals surface area contributed by atoms with Gasteiger partial charge in [0.15, 0.2) is 0 Å². The number of rotatable bonds is 2. The number of piperazine rings is 1. The highest BCUT2D eigenvalue weighted by molar-refractivity contribution is 5.22. The maximum Gasteiger partial charge on any atom is 0.123 e. The summed E-state index contributed by atoms with van der Waals surface area (Å²) < 4.78 is 18.8. The molecule has 1 unspecified atom stereocenters. The number of nitrogens with zero attached hydrogens (tertiary/aromatic N) is 1. The Morgan fingerprint density at radius 1 is 1.26 bits per heavy atom. The number of nitrogens with one attached hydrogen (secondary N) is 1. The van der Waals surface area contributed by atoms with Gasteiger partial charge in [-0.15, -0.1) is 0 Å². The maximum atomic E-state index is 12.9. The van der Waals surface area contributed by atoms with Gasteiger partial charge in [-0.25, -0.2) is 4.39 Å². The number of hydrogen-bond acceptors (Lipinski definition) is 3. The normalized spacial score (nSPS) is 31.8. The molecule has 2 heterocycles. The summed E-state index contributed by atoms with van der Waals surface area (Å²) in [6.45, 7) is 5.39. The van der Waals surface area contributed by atoms with Gasteiger partial charge in [0.2, 0.25) is 0 Å². The van der Waals surface area contributed by atoms with E-state index in [2.05, 4.69) is 17.1 Å². The number of ether oxygens (including phenoxy) is 1. The van der Waals surface area contributed by atoms with Crippen molar-refractivity contribution in [2.24, 2.45) is 0 Å². The van der Waals surface area contributed by atoms with Crippen molar-refractivity contribution in [2.45, 2.75) is 38.0 Å². The molecular weight excluding hydrogens is 243 g/mol. The first kappa shape index (κ1) is 12.9. The molecule has 0 bridgehead atoms. The van der Waals surface area contributed by atoms with Crippen LogP contribution in [0.2, 0.25) is 0 Å². The fraction of sp³-hybridized carbons (Fsp3) is 0.600. The lowest BCUT2D eigenvalue weighted by molar-refractivity contribution is 0.0204. The maximum absolute atomic E-state index is 12.9. The zero-order valence-corrected chi connectivity index (χ0v) is 11.3. The standard InChI is InChI=1S/C15H21FN2O/c1-11-15-7-6-14(10-18(15)9-8-17-11)19-13-4-2-12(16)3-5-13/h2-5,11,14-15,17H,6-10H2,1H3/t11?,14-,15+/m0/s1. The molecule has 4 heteroatoms. The van der Waals surface area contributed by atoms with Crippen LogP contribution >= 0.6 is 0 Å². The molecule has 1 N–H and O–H groups in total. The van der Waals surface area contributed by atoms with Crippen molar-refractivity contribution in [3.8, 4) is 5.75 Å². The Hall–Kier alpha value is -1.13. The highest BCUT2D eigenvalue weighted by Gasteiger charge is 2.34. The van der Waals surface area contributed by atoms with E-state index in [-0.39, 0.29) is 11.9 Å². The molecular formula is C15H21FN2O. The van der Waals surface area contributed by atoms with Gasteiger partial charge in [-0.3, -0.25) is 4.90 Å². The Kier molecular flexibility index (Phi) is 3.71. The highest BCUT2D eigenvalue weighted by atomic mass is 19.1. The molecule has 2 aliphatic heterocycles. The lowest BCUT2D eigenvalue weighted by atomic mass is 9.93. The second-order valence-corrected chi connectivity index (χ2v) is 5.58. The van der Waals surface area contributed by atoms with Crippen LogP contribution in [0.5, 0.6) is 5.75 Å². The number of hydrogen-bond donors (Lipinski definition) is 1. The zero-order chi connectivity index (χ0) is 13.2. The second kappa shape index (κ2) is 5.47. The molecule has 3 nitrogen and oxygen atoms in total. The molecule has 0 amide bonds. The first-order chi connectivity index (χ1) is 9.22. The number of halogens is 1. The van der Waals surface area contributed by atoms with E-state index < -0.39 is 0 Å². The Morgan fingerprint density at radius 3 is 2.84 bits per heavy atom. The van der Waals surface area contributed by atoms with Crippen LogP contribution in [0.3, 0.4) is 0 Å². The SMILES string of the molecule is CC1NCCN2C[C@@H](Oc3ccc(F)cc3)CC[C@H]12. The lowest BCUT2D eigenvalue weighted by Crippen LogP contribution is -2.61. The van der Waals surface area contributed by atoms with E-state index in [1.807, 2.05) is 0 Å². The molecule has 19 heavy (non-hydrogen) atoms. The molecule has 0 spiro atoms. The molecule has 1 aromatic rings. The summed E-state index contributed by atoms with van der Waals surface area (Å²) in [5.41, 5.74) is 0. The summed E-state index contributed by atoms with van der Waals surface area (Å²) in [4.78, 5) is 2.53. The summed E-state index contributed by atoms with van der Waals surface area (Å²) in [6.07, 6.45) is 2.47. The Morgan fingerprint density at radius 2 is 2.05 bits per heavy atom. The summed E-state index contributed by atoms with van der Waals surface area (Å²) in [7, 11) is 0. The quantitative estimate of drug-likeness (QED) is 0.884. The predicted molar refractivity (Wildman–Crippen MR) is 72.9 cm³/mol. The van der Waals surface area contributed by atoms with Crippen molar-refractivity contribution in [3.63, 3.8) is 0 Å². The first-order valence-electron chi connectivity index (χ1n) is 7.12. The van der Waals surface area contributed by atoms with Crippen LogP contribution in [-0.4, -0.2) is 42.7 Å². The Labute approximate surface area is 113 Å². The van der Waals surface area contributed by atoms with E-state index in [9.17, 15) is 4.39 Å². The van der Waals surface area contributed by atoms with Crippen LogP contribution < -0.4 is 10.1 Å². The minimum atomic E-state index is -0.216. The fourth-order valence-corrected chi connectivity index (χ4v) is 3.22. The van der Waals surface area contributed by atoms with Crippen molar-refractivity contribution >= 4 is 0 Å².